The summed E-state index contributed by atoms with van der Waals surface area (Å²) in [6.07, 6.45) is 1.80. The van der Waals surface area contributed by atoms with Gasteiger partial charge in [0.15, 0.2) is 0 Å². The second-order valence-electron chi connectivity index (χ2n) is 5.63. The second kappa shape index (κ2) is 7.69. The van der Waals surface area contributed by atoms with Crippen LogP contribution in [0, 0.1) is 10.1 Å². The molecule has 1 amide bonds. The molecule has 0 bridgehead atoms. The number of rotatable bonds is 6. The van der Waals surface area contributed by atoms with E-state index in [-0.39, 0.29) is 23.2 Å². The molecule has 2 rings (SSSR count). The SMILES string of the molecule is CN(CC(=O)N[C@H]1CCCNC1)S(=O)(=O)c1cccc([N+](=O)[O-])c1. The highest BCUT2D eigenvalue weighted by Crippen LogP contribution is 2.20. The van der Waals surface area contributed by atoms with Gasteiger partial charge in [-0.05, 0) is 25.5 Å². The molecule has 0 radical (unpaired) electrons. The number of nitrogens with zero attached hydrogens (tertiary/aromatic N) is 2. The number of nitro groups is 1. The van der Waals surface area contributed by atoms with Gasteiger partial charge in [-0.25, -0.2) is 8.42 Å². The highest BCUT2D eigenvalue weighted by atomic mass is 32.2. The standard InChI is InChI=1S/C14H20N4O5S/c1-17(10-14(19)16-11-4-3-7-15-9-11)24(22,23)13-6-2-5-12(8-13)18(20)21/h2,5-6,8,11,15H,3-4,7,9-10H2,1H3,(H,16,19)/t11-/m0/s1. The van der Waals surface area contributed by atoms with Crippen molar-refractivity contribution in [3.05, 3.63) is 34.4 Å². The van der Waals surface area contributed by atoms with E-state index in [1.807, 2.05) is 0 Å². The molecule has 1 aromatic carbocycles. The number of nitrogens with one attached hydrogen (secondary N) is 2. The van der Waals surface area contributed by atoms with Crippen LogP contribution in [-0.2, 0) is 14.8 Å². The third-order valence-corrected chi connectivity index (χ3v) is 5.56. The highest BCUT2D eigenvalue weighted by molar-refractivity contribution is 7.89. The van der Waals surface area contributed by atoms with Crippen LogP contribution in [0.25, 0.3) is 0 Å². The molecule has 1 fully saturated rings. The number of hydrogen-bond donors (Lipinski definition) is 2. The summed E-state index contributed by atoms with van der Waals surface area (Å²) >= 11 is 0. The Bertz CT molecular complexity index is 716. The first-order valence-corrected chi connectivity index (χ1v) is 8.95. The summed E-state index contributed by atoms with van der Waals surface area (Å²) in [6.45, 7) is 1.22. The molecule has 24 heavy (non-hydrogen) atoms. The van der Waals surface area contributed by atoms with Crippen molar-refractivity contribution in [3.63, 3.8) is 0 Å². The van der Waals surface area contributed by atoms with Crippen LogP contribution in [0.3, 0.4) is 0 Å². The zero-order valence-electron chi connectivity index (χ0n) is 13.3. The Labute approximate surface area is 140 Å². The Kier molecular flexibility index (Phi) is 5.86. The van der Waals surface area contributed by atoms with Crippen molar-refractivity contribution >= 4 is 21.6 Å². The number of carbonyl (C=O) groups is 1. The van der Waals surface area contributed by atoms with E-state index in [2.05, 4.69) is 10.6 Å². The lowest BCUT2D eigenvalue weighted by Gasteiger charge is -2.25. The van der Waals surface area contributed by atoms with Gasteiger partial charge in [0.05, 0.1) is 16.4 Å². The summed E-state index contributed by atoms with van der Waals surface area (Å²) in [6, 6.07) is 4.74. The molecule has 9 nitrogen and oxygen atoms in total. The lowest BCUT2D eigenvalue weighted by Crippen LogP contribution is -2.48. The summed E-state index contributed by atoms with van der Waals surface area (Å²) in [5.74, 6) is -0.403. The zero-order valence-corrected chi connectivity index (χ0v) is 14.1. The number of piperidine rings is 1. The van der Waals surface area contributed by atoms with Crippen LogP contribution >= 0.6 is 0 Å². The van der Waals surface area contributed by atoms with Gasteiger partial charge in [-0.1, -0.05) is 6.07 Å². The molecule has 132 valence electrons. The Morgan fingerprint density at radius 2 is 2.25 bits per heavy atom. The summed E-state index contributed by atoms with van der Waals surface area (Å²) in [5, 5.41) is 16.7. The topological polar surface area (TPSA) is 122 Å². The summed E-state index contributed by atoms with van der Waals surface area (Å²) in [5.41, 5.74) is -0.317. The number of amides is 1. The van der Waals surface area contributed by atoms with E-state index in [1.165, 1.54) is 25.2 Å². The van der Waals surface area contributed by atoms with Crippen molar-refractivity contribution in [1.29, 1.82) is 0 Å². The first kappa shape index (κ1) is 18.3. The smallest absolute Gasteiger partial charge is 0.270 e. The Morgan fingerprint density at radius 1 is 1.50 bits per heavy atom. The van der Waals surface area contributed by atoms with Gasteiger partial charge >= 0.3 is 0 Å². The van der Waals surface area contributed by atoms with Gasteiger partial charge in [-0.15, -0.1) is 0 Å². The van der Waals surface area contributed by atoms with Crippen LogP contribution in [0.5, 0.6) is 0 Å². The fourth-order valence-electron chi connectivity index (χ4n) is 2.47. The molecule has 0 unspecified atom stereocenters. The number of carbonyl (C=O) groups excluding carboxylic acids is 1. The first-order chi connectivity index (χ1) is 11.3. The van der Waals surface area contributed by atoms with Crippen molar-refractivity contribution in [2.45, 2.75) is 23.8 Å². The van der Waals surface area contributed by atoms with Gasteiger partial charge in [0.1, 0.15) is 0 Å². The minimum Gasteiger partial charge on any atom is -0.351 e. The van der Waals surface area contributed by atoms with Crippen molar-refractivity contribution in [3.8, 4) is 0 Å². The van der Waals surface area contributed by atoms with Crippen LogP contribution in [0.15, 0.2) is 29.2 Å². The molecule has 0 aliphatic carbocycles. The van der Waals surface area contributed by atoms with Crippen LogP contribution < -0.4 is 10.6 Å². The minimum absolute atomic E-state index is 0.0137. The predicted octanol–water partition coefficient (Wildman–Crippen LogP) is 0.0835. The second-order valence-corrected chi connectivity index (χ2v) is 7.67. The Morgan fingerprint density at radius 3 is 2.88 bits per heavy atom. The van der Waals surface area contributed by atoms with Gasteiger partial charge in [0.2, 0.25) is 15.9 Å². The van der Waals surface area contributed by atoms with Crippen LogP contribution in [0.1, 0.15) is 12.8 Å². The molecule has 2 N–H and O–H groups in total. The number of likely N-dealkylation sites (N-methyl/N-ethyl adjacent to an activating group) is 1. The van der Waals surface area contributed by atoms with Gasteiger partial charge in [0, 0.05) is 31.8 Å². The van der Waals surface area contributed by atoms with E-state index >= 15 is 0 Å². The van der Waals surface area contributed by atoms with E-state index in [0.717, 1.165) is 29.8 Å². The van der Waals surface area contributed by atoms with Gasteiger partial charge in [0.25, 0.3) is 5.69 Å². The van der Waals surface area contributed by atoms with Crippen LogP contribution in [0.4, 0.5) is 5.69 Å². The average molecular weight is 356 g/mol. The lowest BCUT2D eigenvalue weighted by atomic mass is 10.1. The predicted molar refractivity (Wildman–Crippen MR) is 86.9 cm³/mol. The maximum Gasteiger partial charge on any atom is 0.270 e. The van der Waals surface area contributed by atoms with Crippen molar-refractivity contribution in [2.75, 3.05) is 26.7 Å². The number of non-ortho nitro benzene ring substituents is 1. The monoisotopic (exact) mass is 356 g/mol. The van der Waals surface area contributed by atoms with E-state index < -0.39 is 20.9 Å². The molecule has 0 spiro atoms. The maximum absolute atomic E-state index is 12.4. The fraction of sp³-hybridized carbons (Fsp3) is 0.500. The first-order valence-electron chi connectivity index (χ1n) is 7.51. The van der Waals surface area contributed by atoms with Crippen molar-refractivity contribution < 1.29 is 18.1 Å². The third kappa shape index (κ3) is 4.49. The molecule has 1 aliphatic heterocycles. The number of hydrogen-bond acceptors (Lipinski definition) is 6. The third-order valence-electron chi connectivity index (χ3n) is 3.76. The van der Waals surface area contributed by atoms with Crippen LogP contribution in [-0.4, -0.2) is 56.3 Å². The van der Waals surface area contributed by atoms with E-state index in [4.69, 9.17) is 0 Å². The van der Waals surface area contributed by atoms with Gasteiger partial charge in [-0.2, -0.15) is 4.31 Å². The maximum atomic E-state index is 12.4. The normalized spacial score (nSPS) is 18.3. The fourth-order valence-corrected chi connectivity index (χ4v) is 3.64. The summed E-state index contributed by atoms with van der Waals surface area (Å²) in [7, 11) is -2.71. The van der Waals surface area contributed by atoms with Crippen molar-refractivity contribution in [2.24, 2.45) is 0 Å². The summed E-state index contributed by atoms with van der Waals surface area (Å²) < 4.78 is 25.8. The Balaban J connectivity index is 2.04. The van der Waals surface area contributed by atoms with Gasteiger partial charge in [-0.3, -0.25) is 14.9 Å². The molecule has 0 saturated carbocycles. The number of sulfonamides is 1. The van der Waals surface area contributed by atoms with E-state index in [9.17, 15) is 23.3 Å². The zero-order chi connectivity index (χ0) is 17.7. The number of benzene rings is 1. The molecule has 0 aromatic heterocycles. The molecular weight excluding hydrogens is 336 g/mol. The molecular formula is C14H20N4O5S. The highest BCUT2D eigenvalue weighted by Gasteiger charge is 2.25. The molecule has 10 heteroatoms. The summed E-state index contributed by atoms with van der Waals surface area (Å²) in [4.78, 5) is 21.9. The Hall–Kier alpha value is -2.04. The quantitative estimate of drug-likeness (QED) is 0.550. The van der Waals surface area contributed by atoms with E-state index in [1.54, 1.807) is 0 Å². The number of nitro benzene ring substituents is 1. The minimum atomic E-state index is -3.98. The van der Waals surface area contributed by atoms with Gasteiger partial charge < -0.3 is 10.6 Å². The molecule has 1 heterocycles. The molecule has 1 saturated heterocycles. The van der Waals surface area contributed by atoms with E-state index in [0.29, 0.717) is 6.54 Å². The molecule has 1 aliphatic rings. The largest absolute Gasteiger partial charge is 0.351 e. The molecule has 1 atom stereocenters. The van der Waals surface area contributed by atoms with Crippen LogP contribution in [0.2, 0.25) is 0 Å². The molecule has 1 aromatic rings. The lowest BCUT2D eigenvalue weighted by molar-refractivity contribution is -0.385. The van der Waals surface area contributed by atoms with Crippen molar-refractivity contribution in [1.82, 2.24) is 14.9 Å². The average Bonchev–Trinajstić information content (AvgIpc) is 2.55.